The zero-order valence-electron chi connectivity index (χ0n) is 16.3. The summed E-state index contributed by atoms with van der Waals surface area (Å²) in [5, 5.41) is 10.8. The van der Waals surface area contributed by atoms with Crippen LogP contribution in [0, 0.1) is 0 Å². The molecule has 0 spiro atoms. The molecule has 2 aromatic rings. The summed E-state index contributed by atoms with van der Waals surface area (Å²) < 4.78 is 0. The molecule has 0 aliphatic rings. The van der Waals surface area contributed by atoms with E-state index in [4.69, 9.17) is 0 Å². The summed E-state index contributed by atoms with van der Waals surface area (Å²) in [5.74, 6) is 0.459. The predicted octanol–water partition coefficient (Wildman–Crippen LogP) is 6.14. The molecule has 1 heteroatoms. The highest BCUT2D eigenvalue weighted by Crippen LogP contribution is 2.40. The Labute approximate surface area is 147 Å². The van der Waals surface area contributed by atoms with Crippen molar-refractivity contribution in [2.75, 3.05) is 0 Å². The first kappa shape index (κ1) is 18.6. The molecular formula is C23H32O. The first-order chi connectivity index (χ1) is 11.0. The molecule has 0 saturated heterocycles. The Bertz CT molecular complexity index is 677. The summed E-state index contributed by atoms with van der Waals surface area (Å²) in [6.07, 6.45) is 1.96. The lowest BCUT2D eigenvalue weighted by Gasteiger charge is -2.28. The van der Waals surface area contributed by atoms with E-state index < -0.39 is 0 Å². The molecule has 2 aromatic carbocycles. The van der Waals surface area contributed by atoms with Gasteiger partial charge in [-0.3, -0.25) is 0 Å². The SMILES string of the molecule is CCc1cccc(Cc2cc(C(C)(C)C)c(O)c(C(C)(C)C)c2)c1. The largest absolute Gasteiger partial charge is 0.507 e. The van der Waals surface area contributed by atoms with E-state index in [-0.39, 0.29) is 10.8 Å². The lowest BCUT2D eigenvalue weighted by Crippen LogP contribution is -2.18. The molecule has 0 aliphatic heterocycles. The van der Waals surface area contributed by atoms with Crippen molar-refractivity contribution in [3.05, 3.63) is 64.2 Å². The Kier molecular flexibility index (Phi) is 5.13. The second-order valence-electron chi connectivity index (χ2n) is 8.89. The molecule has 0 aromatic heterocycles. The molecule has 1 N–H and O–H groups in total. The predicted molar refractivity (Wildman–Crippen MR) is 104 cm³/mol. The molecule has 0 heterocycles. The van der Waals surface area contributed by atoms with E-state index >= 15 is 0 Å². The number of phenolic OH excluding ortho intramolecular Hbond substituents is 1. The first-order valence-electron chi connectivity index (χ1n) is 8.97. The van der Waals surface area contributed by atoms with Gasteiger partial charge in [-0.05, 0) is 51.5 Å². The normalized spacial score (nSPS) is 12.5. The van der Waals surface area contributed by atoms with E-state index in [1.807, 2.05) is 0 Å². The molecule has 0 atom stereocenters. The minimum Gasteiger partial charge on any atom is -0.507 e. The van der Waals surface area contributed by atoms with Crippen LogP contribution in [0.2, 0.25) is 0 Å². The van der Waals surface area contributed by atoms with Gasteiger partial charge in [-0.15, -0.1) is 0 Å². The van der Waals surface area contributed by atoms with E-state index in [1.54, 1.807) is 0 Å². The summed E-state index contributed by atoms with van der Waals surface area (Å²) in [6, 6.07) is 13.2. The summed E-state index contributed by atoms with van der Waals surface area (Å²) in [7, 11) is 0. The van der Waals surface area contributed by atoms with Crippen LogP contribution in [0.5, 0.6) is 5.75 Å². The second-order valence-corrected chi connectivity index (χ2v) is 8.89. The Balaban J connectivity index is 2.53. The van der Waals surface area contributed by atoms with Crippen molar-refractivity contribution < 1.29 is 5.11 Å². The highest BCUT2D eigenvalue weighted by Gasteiger charge is 2.26. The van der Waals surface area contributed by atoms with E-state index in [0.29, 0.717) is 5.75 Å². The summed E-state index contributed by atoms with van der Waals surface area (Å²) in [5.41, 5.74) is 5.90. The van der Waals surface area contributed by atoms with Crippen LogP contribution in [0.15, 0.2) is 36.4 Å². The minimum atomic E-state index is -0.0780. The third kappa shape index (κ3) is 4.20. The van der Waals surface area contributed by atoms with Crippen molar-refractivity contribution in [2.45, 2.75) is 72.1 Å². The molecule has 0 amide bonds. The van der Waals surface area contributed by atoms with Gasteiger partial charge in [0.2, 0.25) is 0 Å². The lowest BCUT2D eigenvalue weighted by atomic mass is 9.78. The molecule has 0 fully saturated rings. The monoisotopic (exact) mass is 324 g/mol. The van der Waals surface area contributed by atoms with Gasteiger partial charge in [0.15, 0.2) is 0 Å². The Morgan fingerprint density at radius 2 is 1.25 bits per heavy atom. The number of hydrogen-bond acceptors (Lipinski definition) is 1. The van der Waals surface area contributed by atoms with Crippen LogP contribution >= 0.6 is 0 Å². The van der Waals surface area contributed by atoms with Gasteiger partial charge in [0.1, 0.15) is 5.75 Å². The Morgan fingerprint density at radius 1 is 0.750 bits per heavy atom. The average Bonchev–Trinajstić information content (AvgIpc) is 2.46. The standard InChI is InChI=1S/C23H32O/c1-8-16-10-9-11-17(12-16)13-18-14-19(22(2,3)4)21(24)20(15-18)23(5,6)7/h9-12,14-15,24H,8,13H2,1-7H3. The zero-order chi connectivity index (χ0) is 18.1. The molecule has 0 bridgehead atoms. The Hall–Kier alpha value is -1.76. The van der Waals surface area contributed by atoms with E-state index in [1.165, 1.54) is 16.7 Å². The molecule has 0 saturated carbocycles. The van der Waals surface area contributed by atoms with Gasteiger partial charge < -0.3 is 5.11 Å². The van der Waals surface area contributed by atoms with Gasteiger partial charge in [-0.25, -0.2) is 0 Å². The maximum absolute atomic E-state index is 10.8. The van der Waals surface area contributed by atoms with Gasteiger partial charge in [-0.1, -0.05) is 84.9 Å². The van der Waals surface area contributed by atoms with Gasteiger partial charge in [0, 0.05) is 0 Å². The van der Waals surface area contributed by atoms with Crippen molar-refractivity contribution in [3.63, 3.8) is 0 Å². The van der Waals surface area contributed by atoms with E-state index in [2.05, 4.69) is 84.9 Å². The highest BCUT2D eigenvalue weighted by molar-refractivity contribution is 5.50. The fourth-order valence-corrected chi connectivity index (χ4v) is 3.13. The average molecular weight is 325 g/mol. The summed E-state index contributed by atoms with van der Waals surface area (Å²) in [6.45, 7) is 15.2. The number of rotatable bonds is 3. The molecule has 0 aliphatic carbocycles. The van der Waals surface area contributed by atoms with Crippen molar-refractivity contribution in [1.82, 2.24) is 0 Å². The number of benzene rings is 2. The van der Waals surface area contributed by atoms with Crippen molar-refractivity contribution in [2.24, 2.45) is 0 Å². The molecular weight excluding hydrogens is 292 g/mol. The van der Waals surface area contributed by atoms with E-state index in [0.717, 1.165) is 24.0 Å². The fourth-order valence-electron chi connectivity index (χ4n) is 3.13. The van der Waals surface area contributed by atoms with Crippen LogP contribution in [-0.4, -0.2) is 5.11 Å². The number of hydrogen-bond donors (Lipinski definition) is 1. The topological polar surface area (TPSA) is 20.2 Å². The fraction of sp³-hybridized carbons (Fsp3) is 0.478. The number of aromatic hydroxyl groups is 1. The lowest BCUT2D eigenvalue weighted by molar-refractivity contribution is 0.423. The zero-order valence-corrected chi connectivity index (χ0v) is 16.3. The second kappa shape index (κ2) is 6.63. The van der Waals surface area contributed by atoms with Gasteiger partial charge in [0.05, 0.1) is 0 Å². The molecule has 130 valence electrons. The third-order valence-corrected chi connectivity index (χ3v) is 4.59. The van der Waals surface area contributed by atoms with Crippen molar-refractivity contribution in [1.29, 1.82) is 0 Å². The van der Waals surface area contributed by atoms with Crippen LogP contribution in [0.1, 0.15) is 76.3 Å². The van der Waals surface area contributed by atoms with Crippen LogP contribution in [0.25, 0.3) is 0 Å². The molecule has 2 rings (SSSR count). The minimum absolute atomic E-state index is 0.0780. The molecule has 24 heavy (non-hydrogen) atoms. The first-order valence-corrected chi connectivity index (χ1v) is 8.97. The molecule has 0 unspecified atom stereocenters. The smallest absolute Gasteiger partial charge is 0.123 e. The highest BCUT2D eigenvalue weighted by atomic mass is 16.3. The van der Waals surface area contributed by atoms with Crippen LogP contribution in [-0.2, 0) is 23.7 Å². The number of aryl methyl sites for hydroxylation is 1. The van der Waals surface area contributed by atoms with Crippen LogP contribution < -0.4 is 0 Å². The summed E-state index contributed by atoms with van der Waals surface area (Å²) in [4.78, 5) is 0. The van der Waals surface area contributed by atoms with Gasteiger partial charge in [-0.2, -0.15) is 0 Å². The maximum atomic E-state index is 10.8. The third-order valence-electron chi connectivity index (χ3n) is 4.59. The van der Waals surface area contributed by atoms with Gasteiger partial charge >= 0.3 is 0 Å². The van der Waals surface area contributed by atoms with Crippen LogP contribution in [0.4, 0.5) is 0 Å². The Morgan fingerprint density at radius 3 is 1.71 bits per heavy atom. The quantitative estimate of drug-likeness (QED) is 0.719. The summed E-state index contributed by atoms with van der Waals surface area (Å²) >= 11 is 0. The molecule has 0 radical (unpaired) electrons. The van der Waals surface area contributed by atoms with Gasteiger partial charge in [0.25, 0.3) is 0 Å². The molecule has 1 nitrogen and oxygen atoms in total. The maximum Gasteiger partial charge on any atom is 0.123 e. The van der Waals surface area contributed by atoms with Crippen molar-refractivity contribution in [3.8, 4) is 5.75 Å². The van der Waals surface area contributed by atoms with E-state index in [9.17, 15) is 5.11 Å². The number of phenols is 1. The van der Waals surface area contributed by atoms with Crippen molar-refractivity contribution >= 4 is 0 Å². The van der Waals surface area contributed by atoms with Crippen LogP contribution in [0.3, 0.4) is 0 Å².